The van der Waals surface area contributed by atoms with E-state index in [1.54, 1.807) is 0 Å². The van der Waals surface area contributed by atoms with Gasteiger partial charge in [-0.25, -0.2) is 0 Å². The lowest BCUT2D eigenvalue weighted by Crippen LogP contribution is -2.26. The van der Waals surface area contributed by atoms with E-state index in [9.17, 15) is 0 Å². The van der Waals surface area contributed by atoms with Crippen molar-refractivity contribution in [3.8, 4) is 0 Å². The van der Waals surface area contributed by atoms with Crippen LogP contribution in [0.2, 0.25) is 0 Å². The Hall–Kier alpha value is -0.120. The molecule has 0 spiro atoms. The summed E-state index contributed by atoms with van der Waals surface area (Å²) in [4.78, 5) is 0. The van der Waals surface area contributed by atoms with Gasteiger partial charge in [-0.2, -0.15) is 0 Å². The molecular weight excluding hydrogens is 164 g/mol. The van der Waals surface area contributed by atoms with Gasteiger partial charge in [-0.3, -0.25) is 0 Å². The second-order valence-electron chi connectivity index (χ2n) is 3.49. The third-order valence-corrected chi connectivity index (χ3v) is 2.27. The lowest BCUT2D eigenvalue weighted by atomic mass is 10.0. The Morgan fingerprint density at radius 1 is 1.00 bits per heavy atom. The topological polar surface area (TPSA) is 61.3 Å². The van der Waals surface area contributed by atoms with Gasteiger partial charge >= 0.3 is 0 Å². The van der Waals surface area contributed by atoms with Gasteiger partial charge in [0.1, 0.15) is 0 Å². The van der Waals surface area contributed by atoms with Gasteiger partial charge in [-0.15, -0.1) is 0 Å². The van der Waals surface area contributed by atoms with Gasteiger partial charge in [0, 0.05) is 25.3 Å². The van der Waals surface area contributed by atoms with E-state index in [4.69, 9.17) is 16.2 Å². The first-order chi connectivity index (χ1) is 6.20. The smallest absolute Gasteiger partial charge is 0.0480 e. The molecule has 0 amide bonds. The largest absolute Gasteiger partial charge is 0.382 e. The van der Waals surface area contributed by atoms with E-state index < -0.39 is 0 Å². The molecule has 2 atom stereocenters. The van der Waals surface area contributed by atoms with Gasteiger partial charge in [-0.1, -0.05) is 6.92 Å². The molecule has 0 saturated carbocycles. The second-order valence-corrected chi connectivity index (χ2v) is 3.49. The second kappa shape index (κ2) is 8.48. The molecule has 0 bridgehead atoms. The van der Waals surface area contributed by atoms with Crippen LogP contribution in [0.4, 0.5) is 0 Å². The molecule has 0 aromatic rings. The molecule has 2 unspecified atom stereocenters. The zero-order valence-electron chi connectivity index (χ0n) is 8.96. The highest BCUT2D eigenvalue weighted by molar-refractivity contribution is 4.66. The van der Waals surface area contributed by atoms with Crippen molar-refractivity contribution < 1.29 is 4.74 Å². The van der Waals surface area contributed by atoms with Crippen molar-refractivity contribution in [3.63, 3.8) is 0 Å². The molecule has 0 aromatic heterocycles. The summed E-state index contributed by atoms with van der Waals surface area (Å²) in [6.45, 7) is 5.66. The zero-order valence-corrected chi connectivity index (χ0v) is 8.96. The molecule has 3 nitrogen and oxygen atoms in total. The van der Waals surface area contributed by atoms with Gasteiger partial charge in [-0.05, 0) is 32.6 Å². The maximum Gasteiger partial charge on any atom is 0.0480 e. The highest BCUT2D eigenvalue weighted by Crippen LogP contribution is 2.03. The maximum absolute atomic E-state index is 5.88. The average Bonchev–Trinajstić information content (AvgIpc) is 2.14. The zero-order chi connectivity index (χ0) is 10.1. The van der Waals surface area contributed by atoms with Gasteiger partial charge < -0.3 is 16.2 Å². The highest BCUT2D eigenvalue weighted by Gasteiger charge is 2.05. The minimum absolute atomic E-state index is 0.254. The Kier molecular flexibility index (Phi) is 8.40. The number of hydrogen-bond donors (Lipinski definition) is 2. The molecule has 80 valence electrons. The van der Waals surface area contributed by atoms with Gasteiger partial charge in [0.15, 0.2) is 0 Å². The SMILES string of the molecule is CCOCCC(N)CCC(N)CC. The van der Waals surface area contributed by atoms with E-state index in [2.05, 4.69) is 6.92 Å². The summed E-state index contributed by atoms with van der Waals surface area (Å²) >= 11 is 0. The molecule has 0 aliphatic heterocycles. The van der Waals surface area contributed by atoms with Gasteiger partial charge in [0.05, 0.1) is 0 Å². The number of rotatable bonds is 8. The normalized spacial score (nSPS) is 15.7. The van der Waals surface area contributed by atoms with Crippen molar-refractivity contribution in [2.75, 3.05) is 13.2 Å². The molecule has 0 aliphatic carbocycles. The minimum atomic E-state index is 0.254. The summed E-state index contributed by atoms with van der Waals surface area (Å²) in [6, 6.07) is 0.572. The standard InChI is InChI=1S/C10H24N2O/c1-3-9(11)5-6-10(12)7-8-13-4-2/h9-10H,3-8,11-12H2,1-2H3. The van der Waals surface area contributed by atoms with Crippen LogP contribution in [-0.2, 0) is 4.74 Å². The van der Waals surface area contributed by atoms with Crippen LogP contribution >= 0.6 is 0 Å². The third kappa shape index (κ3) is 8.22. The van der Waals surface area contributed by atoms with Crippen molar-refractivity contribution in [1.29, 1.82) is 0 Å². The Labute approximate surface area is 81.8 Å². The quantitative estimate of drug-likeness (QED) is 0.564. The van der Waals surface area contributed by atoms with Crippen LogP contribution in [0.15, 0.2) is 0 Å². The van der Waals surface area contributed by atoms with E-state index in [0.717, 1.165) is 38.9 Å². The van der Waals surface area contributed by atoms with Crippen LogP contribution in [0.25, 0.3) is 0 Å². The molecular formula is C10H24N2O. The van der Waals surface area contributed by atoms with Crippen LogP contribution in [0, 0.1) is 0 Å². The fraction of sp³-hybridized carbons (Fsp3) is 1.00. The van der Waals surface area contributed by atoms with Crippen LogP contribution in [0.3, 0.4) is 0 Å². The molecule has 0 aliphatic rings. The van der Waals surface area contributed by atoms with E-state index in [0.29, 0.717) is 6.04 Å². The van der Waals surface area contributed by atoms with Crippen LogP contribution < -0.4 is 11.5 Å². The van der Waals surface area contributed by atoms with E-state index in [1.807, 2.05) is 6.92 Å². The van der Waals surface area contributed by atoms with Crippen LogP contribution in [0.5, 0.6) is 0 Å². The summed E-state index contributed by atoms with van der Waals surface area (Å²) in [5, 5.41) is 0. The third-order valence-electron chi connectivity index (χ3n) is 2.27. The van der Waals surface area contributed by atoms with Gasteiger partial charge in [0.25, 0.3) is 0 Å². The predicted octanol–water partition coefficient (Wildman–Crippen LogP) is 1.26. The van der Waals surface area contributed by atoms with E-state index >= 15 is 0 Å². The minimum Gasteiger partial charge on any atom is -0.382 e. The number of ether oxygens (including phenoxy) is 1. The summed E-state index contributed by atoms with van der Waals surface area (Å²) < 4.78 is 5.23. The summed E-state index contributed by atoms with van der Waals surface area (Å²) in [5.74, 6) is 0. The molecule has 13 heavy (non-hydrogen) atoms. The van der Waals surface area contributed by atoms with E-state index in [-0.39, 0.29) is 6.04 Å². The van der Waals surface area contributed by atoms with Crippen molar-refractivity contribution in [3.05, 3.63) is 0 Å². The number of nitrogens with two attached hydrogens (primary N) is 2. The summed E-state index contributed by atoms with van der Waals surface area (Å²) in [6.07, 6.45) is 4.04. The predicted molar refractivity (Wildman–Crippen MR) is 56.6 cm³/mol. The van der Waals surface area contributed by atoms with Crippen molar-refractivity contribution in [2.24, 2.45) is 11.5 Å². The van der Waals surface area contributed by atoms with Crippen molar-refractivity contribution in [1.82, 2.24) is 0 Å². The first-order valence-electron chi connectivity index (χ1n) is 5.29. The molecule has 0 radical (unpaired) electrons. The fourth-order valence-corrected chi connectivity index (χ4v) is 1.16. The lowest BCUT2D eigenvalue weighted by Gasteiger charge is -2.14. The Bertz CT molecular complexity index is 109. The molecule has 4 N–H and O–H groups in total. The Morgan fingerprint density at radius 2 is 1.62 bits per heavy atom. The fourth-order valence-electron chi connectivity index (χ4n) is 1.16. The molecule has 0 rings (SSSR count). The average molecular weight is 188 g/mol. The first-order valence-corrected chi connectivity index (χ1v) is 5.29. The molecule has 0 heterocycles. The molecule has 0 saturated heterocycles. The molecule has 0 aromatic carbocycles. The van der Waals surface area contributed by atoms with Crippen LogP contribution in [0.1, 0.15) is 39.5 Å². The monoisotopic (exact) mass is 188 g/mol. The lowest BCUT2D eigenvalue weighted by molar-refractivity contribution is 0.138. The van der Waals surface area contributed by atoms with Crippen LogP contribution in [-0.4, -0.2) is 25.3 Å². The molecule has 3 heteroatoms. The summed E-state index contributed by atoms with van der Waals surface area (Å²) in [5.41, 5.74) is 11.7. The maximum atomic E-state index is 5.88. The molecule has 0 fully saturated rings. The number of hydrogen-bond acceptors (Lipinski definition) is 3. The Morgan fingerprint density at radius 3 is 2.15 bits per heavy atom. The van der Waals surface area contributed by atoms with E-state index in [1.165, 1.54) is 0 Å². The highest BCUT2D eigenvalue weighted by atomic mass is 16.5. The van der Waals surface area contributed by atoms with Crippen molar-refractivity contribution in [2.45, 2.75) is 51.6 Å². The Balaban J connectivity index is 3.24. The van der Waals surface area contributed by atoms with Crippen molar-refractivity contribution >= 4 is 0 Å². The van der Waals surface area contributed by atoms with Gasteiger partial charge in [0.2, 0.25) is 0 Å². The first kappa shape index (κ1) is 12.9. The summed E-state index contributed by atoms with van der Waals surface area (Å²) in [7, 11) is 0.